The van der Waals surface area contributed by atoms with Crippen molar-refractivity contribution in [1.29, 1.82) is 0 Å². The van der Waals surface area contributed by atoms with Crippen LogP contribution in [0.4, 0.5) is 0 Å². The Hall–Kier alpha value is -0.860. The molecule has 1 aromatic rings. The van der Waals surface area contributed by atoms with Gasteiger partial charge < -0.3 is 14.8 Å². The molecule has 0 bridgehead atoms. The van der Waals surface area contributed by atoms with E-state index >= 15 is 0 Å². The summed E-state index contributed by atoms with van der Waals surface area (Å²) in [6.07, 6.45) is 7.90. The van der Waals surface area contributed by atoms with E-state index in [1.807, 2.05) is 7.05 Å². The van der Waals surface area contributed by atoms with Gasteiger partial charge in [0.15, 0.2) is 5.96 Å². The summed E-state index contributed by atoms with van der Waals surface area (Å²) in [6, 6.07) is 0. The Labute approximate surface area is 167 Å². The van der Waals surface area contributed by atoms with Crippen molar-refractivity contribution in [1.82, 2.24) is 25.0 Å². The minimum atomic E-state index is 0. The summed E-state index contributed by atoms with van der Waals surface area (Å²) in [4.78, 5) is 7.06. The number of hydrogen-bond donors (Lipinski definition) is 1. The topological polar surface area (TPSA) is 58.3 Å². The fourth-order valence-electron chi connectivity index (χ4n) is 4.84. The minimum Gasteiger partial charge on any atom is -0.356 e. The monoisotopic (exact) mass is 458 g/mol. The third-order valence-electron chi connectivity index (χ3n) is 6.27. The van der Waals surface area contributed by atoms with Crippen LogP contribution in [0.25, 0.3) is 0 Å². The van der Waals surface area contributed by atoms with Gasteiger partial charge in [-0.1, -0.05) is 12.8 Å². The molecule has 1 saturated heterocycles. The predicted molar refractivity (Wildman–Crippen MR) is 110 cm³/mol. The molecular formula is C18H31IN6. The van der Waals surface area contributed by atoms with Crippen LogP contribution in [-0.4, -0.2) is 52.3 Å². The highest BCUT2D eigenvalue weighted by molar-refractivity contribution is 14.0. The number of nitrogens with zero attached hydrogens (tertiary/aromatic N) is 5. The number of halogens is 1. The fourth-order valence-corrected chi connectivity index (χ4v) is 4.84. The van der Waals surface area contributed by atoms with Gasteiger partial charge in [0.25, 0.3) is 0 Å². The molecule has 3 heterocycles. The molecule has 3 aliphatic rings. The molecule has 1 aromatic heterocycles. The van der Waals surface area contributed by atoms with Gasteiger partial charge in [0, 0.05) is 39.6 Å². The van der Waals surface area contributed by atoms with Crippen LogP contribution in [-0.2, 0) is 13.0 Å². The number of aromatic nitrogens is 3. The van der Waals surface area contributed by atoms with Crippen LogP contribution in [0.15, 0.2) is 4.99 Å². The molecule has 3 unspecified atom stereocenters. The number of hydrogen-bond acceptors (Lipinski definition) is 3. The van der Waals surface area contributed by atoms with E-state index in [9.17, 15) is 0 Å². The van der Waals surface area contributed by atoms with E-state index in [4.69, 9.17) is 0 Å². The minimum absolute atomic E-state index is 0. The third kappa shape index (κ3) is 3.95. The molecule has 140 valence electrons. The third-order valence-corrected chi connectivity index (χ3v) is 6.27. The molecular weight excluding hydrogens is 427 g/mol. The second-order valence-corrected chi connectivity index (χ2v) is 7.82. The summed E-state index contributed by atoms with van der Waals surface area (Å²) in [5, 5.41) is 12.1. The van der Waals surface area contributed by atoms with Crippen LogP contribution in [0, 0.1) is 24.7 Å². The molecule has 1 saturated carbocycles. The molecule has 1 aliphatic carbocycles. The Bertz CT molecular complexity index is 599. The van der Waals surface area contributed by atoms with Crippen LogP contribution in [0.3, 0.4) is 0 Å². The largest absolute Gasteiger partial charge is 0.356 e. The maximum atomic E-state index is 4.56. The zero-order chi connectivity index (χ0) is 16.5. The number of fused-ring (bicyclic) bond motifs is 2. The van der Waals surface area contributed by atoms with E-state index in [-0.39, 0.29) is 24.0 Å². The van der Waals surface area contributed by atoms with E-state index in [0.717, 1.165) is 49.0 Å². The molecule has 3 atom stereocenters. The van der Waals surface area contributed by atoms with Crippen molar-refractivity contribution in [2.75, 3.05) is 26.7 Å². The van der Waals surface area contributed by atoms with Crippen molar-refractivity contribution in [3.8, 4) is 0 Å². The first kappa shape index (κ1) is 18.9. The lowest BCUT2D eigenvalue weighted by molar-refractivity contribution is 0.299. The lowest BCUT2D eigenvalue weighted by Crippen LogP contribution is -2.43. The fraction of sp³-hybridized carbons (Fsp3) is 0.833. The van der Waals surface area contributed by atoms with Crippen molar-refractivity contribution in [2.45, 2.75) is 52.0 Å². The standard InChI is InChI=1S/C18H30N6.HI/c1-13-21-22-17-8-7-14(10-24(13)17)9-20-18(19-2)23-11-15-5-3-4-6-16(15)12-23;/h14-16H,3-12H2,1-2H3,(H,19,20);1H. The first-order valence-electron chi connectivity index (χ1n) is 9.59. The molecule has 0 radical (unpaired) electrons. The van der Waals surface area contributed by atoms with Crippen LogP contribution >= 0.6 is 24.0 Å². The molecule has 0 aromatic carbocycles. The maximum Gasteiger partial charge on any atom is 0.193 e. The van der Waals surface area contributed by atoms with Crippen molar-refractivity contribution in [3.63, 3.8) is 0 Å². The second-order valence-electron chi connectivity index (χ2n) is 7.82. The molecule has 0 spiro atoms. The Morgan fingerprint density at radius 3 is 2.52 bits per heavy atom. The predicted octanol–water partition coefficient (Wildman–Crippen LogP) is 2.46. The number of aryl methyl sites for hydroxylation is 2. The quantitative estimate of drug-likeness (QED) is 0.421. The van der Waals surface area contributed by atoms with Gasteiger partial charge in [-0.25, -0.2) is 0 Å². The molecule has 0 amide bonds. The van der Waals surface area contributed by atoms with Crippen molar-refractivity contribution in [2.24, 2.45) is 22.7 Å². The number of guanidine groups is 1. The molecule has 2 aliphatic heterocycles. The molecule has 6 nitrogen and oxygen atoms in total. The van der Waals surface area contributed by atoms with Crippen LogP contribution in [0.1, 0.15) is 43.8 Å². The summed E-state index contributed by atoms with van der Waals surface area (Å²) < 4.78 is 2.28. The molecule has 25 heavy (non-hydrogen) atoms. The van der Waals surface area contributed by atoms with Crippen LogP contribution in [0.2, 0.25) is 0 Å². The molecule has 1 N–H and O–H groups in total. The van der Waals surface area contributed by atoms with Gasteiger partial charge >= 0.3 is 0 Å². The van der Waals surface area contributed by atoms with Gasteiger partial charge in [-0.05, 0) is 43.9 Å². The molecule has 4 rings (SSSR count). The number of rotatable bonds is 2. The number of likely N-dealkylation sites (tertiary alicyclic amines) is 1. The summed E-state index contributed by atoms with van der Waals surface area (Å²) in [5.74, 6) is 5.73. The Morgan fingerprint density at radius 2 is 1.84 bits per heavy atom. The van der Waals surface area contributed by atoms with Gasteiger partial charge in [0.05, 0.1) is 0 Å². The van der Waals surface area contributed by atoms with Crippen molar-refractivity contribution < 1.29 is 0 Å². The van der Waals surface area contributed by atoms with Gasteiger partial charge in [-0.3, -0.25) is 4.99 Å². The average Bonchev–Trinajstić information content (AvgIpc) is 3.19. The summed E-state index contributed by atoms with van der Waals surface area (Å²) in [5.41, 5.74) is 0. The first-order chi connectivity index (χ1) is 11.7. The number of nitrogens with one attached hydrogen (secondary N) is 1. The van der Waals surface area contributed by atoms with Crippen LogP contribution < -0.4 is 5.32 Å². The van der Waals surface area contributed by atoms with Crippen molar-refractivity contribution in [3.05, 3.63) is 11.6 Å². The zero-order valence-electron chi connectivity index (χ0n) is 15.4. The van der Waals surface area contributed by atoms with Crippen molar-refractivity contribution >= 4 is 29.9 Å². The van der Waals surface area contributed by atoms with Gasteiger partial charge in [0.1, 0.15) is 11.6 Å². The Balaban J connectivity index is 0.00000182. The van der Waals surface area contributed by atoms with E-state index < -0.39 is 0 Å². The lowest BCUT2D eigenvalue weighted by Gasteiger charge is -2.27. The van der Waals surface area contributed by atoms with E-state index in [0.29, 0.717) is 5.92 Å². The van der Waals surface area contributed by atoms with E-state index in [1.165, 1.54) is 45.2 Å². The SMILES string of the molecule is CN=C(NCC1CCc2nnc(C)n2C1)N1CC2CCCCC2C1.I. The van der Waals surface area contributed by atoms with Crippen LogP contribution in [0.5, 0.6) is 0 Å². The lowest BCUT2D eigenvalue weighted by atomic mass is 9.82. The maximum absolute atomic E-state index is 4.56. The summed E-state index contributed by atoms with van der Waals surface area (Å²) in [6.45, 7) is 6.48. The van der Waals surface area contributed by atoms with E-state index in [1.54, 1.807) is 0 Å². The van der Waals surface area contributed by atoms with E-state index in [2.05, 4.69) is 36.9 Å². The first-order valence-corrected chi connectivity index (χ1v) is 9.59. The highest BCUT2D eigenvalue weighted by Crippen LogP contribution is 2.36. The number of aliphatic imine (C=N–C) groups is 1. The van der Waals surface area contributed by atoms with Gasteiger partial charge in [-0.2, -0.15) is 0 Å². The van der Waals surface area contributed by atoms with Gasteiger partial charge in [0.2, 0.25) is 0 Å². The summed E-state index contributed by atoms with van der Waals surface area (Å²) in [7, 11) is 1.92. The van der Waals surface area contributed by atoms with Gasteiger partial charge in [-0.15, -0.1) is 34.2 Å². The smallest absolute Gasteiger partial charge is 0.193 e. The Kier molecular flexibility index (Phi) is 6.22. The summed E-state index contributed by atoms with van der Waals surface area (Å²) >= 11 is 0. The second kappa shape index (κ2) is 8.22. The molecule has 2 fully saturated rings. The average molecular weight is 458 g/mol. The molecule has 7 heteroatoms. The Morgan fingerprint density at radius 1 is 1.12 bits per heavy atom. The zero-order valence-corrected chi connectivity index (χ0v) is 17.8. The highest BCUT2D eigenvalue weighted by atomic mass is 127. The highest BCUT2D eigenvalue weighted by Gasteiger charge is 2.35. The normalized spacial score (nSPS) is 29.0.